The van der Waals surface area contributed by atoms with Gasteiger partial charge in [0.15, 0.2) is 5.88 Å². The smallest absolute Gasteiger partial charge is 0.418 e. The van der Waals surface area contributed by atoms with Crippen LogP contribution in [0.5, 0.6) is 5.88 Å². The second kappa shape index (κ2) is 9.65. The van der Waals surface area contributed by atoms with Crippen LogP contribution in [0.2, 0.25) is 0 Å². The van der Waals surface area contributed by atoms with E-state index < -0.39 is 11.7 Å². The van der Waals surface area contributed by atoms with Crippen LogP contribution in [-0.4, -0.2) is 46.4 Å². The number of halogens is 3. The van der Waals surface area contributed by atoms with Gasteiger partial charge in [-0.05, 0) is 52.0 Å². The van der Waals surface area contributed by atoms with E-state index in [0.29, 0.717) is 30.7 Å². The molecule has 2 aromatic carbocycles. The Balaban J connectivity index is 1.82. The Hall–Kier alpha value is -3.00. The van der Waals surface area contributed by atoms with E-state index in [9.17, 15) is 18.3 Å². The first-order valence-corrected chi connectivity index (χ1v) is 10.6. The maximum atomic E-state index is 13.7. The maximum absolute atomic E-state index is 13.7. The third kappa shape index (κ3) is 5.43. The number of hydrogen-bond donors (Lipinski definition) is 3. The van der Waals surface area contributed by atoms with Crippen molar-refractivity contribution in [2.75, 3.05) is 18.4 Å². The van der Waals surface area contributed by atoms with Crippen LogP contribution in [0.3, 0.4) is 0 Å². The zero-order valence-electron chi connectivity index (χ0n) is 18.7. The Bertz CT molecular complexity index is 1080. The lowest BCUT2D eigenvalue weighted by atomic mass is 10.1. The summed E-state index contributed by atoms with van der Waals surface area (Å²) in [6.07, 6.45) is -3.15. The topological polar surface area (TPSA) is 63.6 Å². The second-order valence-corrected chi connectivity index (χ2v) is 8.27. The lowest BCUT2D eigenvalue weighted by Gasteiger charge is -2.30. The van der Waals surface area contributed by atoms with Gasteiger partial charge in [-0.15, -0.1) is 0 Å². The number of aliphatic imine (C=N–C) groups is 1. The van der Waals surface area contributed by atoms with Crippen molar-refractivity contribution >= 4 is 28.5 Å². The fraction of sp³-hybridized carbons (Fsp3) is 0.375. The Kier molecular flexibility index (Phi) is 7.13. The van der Waals surface area contributed by atoms with E-state index in [2.05, 4.69) is 47.9 Å². The Labute approximate surface area is 186 Å². The molecule has 0 fully saturated rings. The van der Waals surface area contributed by atoms with Gasteiger partial charge in [0.2, 0.25) is 0 Å². The first kappa shape index (κ1) is 23.7. The molecular formula is C24H29F3N4O. The average molecular weight is 447 g/mol. The molecule has 0 saturated heterocycles. The lowest BCUT2D eigenvalue weighted by molar-refractivity contribution is -0.136. The SMILES string of the molecule is CC(C)N(CCNc1ccc(N=Cc2c(O)[nH]c3ccccc23)cc1C(F)(F)F)C(C)C. The molecule has 32 heavy (non-hydrogen) atoms. The summed E-state index contributed by atoms with van der Waals surface area (Å²) in [6, 6.07) is 11.8. The highest BCUT2D eigenvalue weighted by atomic mass is 19.4. The van der Waals surface area contributed by atoms with Crippen LogP contribution >= 0.6 is 0 Å². The molecule has 3 rings (SSSR count). The van der Waals surface area contributed by atoms with Crippen LogP contribution < -0.4 is 5.32 Å². The van der Waals surface area contributed by atoms with Gasteiger partial charge in [0, 0.05) is 48.0 Å². The summed E-state index contributed by atoms with van der Waals surface area (Å²) in [7, 11) is 0. The Morgan fingerprint density at radius 2 is 1.78 bits per heavy atom. The number of anilines is 1. The van der Waals surface area contributed by atoms with Gasteiger partial charge in [0.1, 0.15) is 0 Å². The quantitative estimate of drug-likeness (QED) is 0.363. The van der Waals surface area contributed by atoms with Crippen LogP contribution in [0.1, 0.15) is 38.8 Å². The molecule has 3 aromatic rings. The predicted molar refractivity (Wildman–Crippen MR) is 124 cm³/mol. The van der Waals surface area contributed by atoms with E-state index in [1.165, 1.54) is 18.3 Å². The van der Waals surface area contributed by atoms with Crippen LogP contribution in [0, 0.1) is 0 Å². The first-order chi connectivity index (χ1) is 15.1. The summed E-state index contributed by atoms with van der Waals surface area (Å²) in [5, 5.41) is 13.8. The number of benzene rings is 2. The number of aromatic hydroxyl groups is 1. The van der Waals surface area contributed by atoms with Crippen molar-refractivity contribution in [1.29, 1.82) is 0 Å². The molecule has 0 saturated carbocycles. The van der Waals surface area contributed by atoms with Crippen LogP contribution in [0.15, 0.2) is 47.5 Å². The van der Waals surface area contributed by atoms with E-state index in [-0.39, 0.29) is 17.3 Å². The number of nitrogens with zero attached hydrogens (tertiary/aromatic N) is 2. The van der Waals surface area contributed by atoms with Crippen LogP contribution in [-0.2, 0) is 6.18 Å². The monoisotopic (exact) mass is 446 g/mol. The van der Waals surface area contributed by atoms with Crippen molar-refractivity contribution in [2.24, 2.45) is 4.99 Å². The third-order valence-corrected chi connectivity index (χ3v) is 5.39. The van der Waals surface area contributed by atoms with E-state index in [4.69, 9.17) is 0 Å². The number of alkyl halides is 3. The molecule has 5 nitrogen and oxygen atoms in total. The molecule has 0 atom stereocenters. The largest absolute Gasteiger partial charge is 0.494 e. The Morgan fingerprint density at radius 3 is 2.44 bits per heavy atom. The molecule has 1 heterocycles. The fourth-order valence-corrected chi connectivity index (χ4v) is 3.85. The molecule has 0 bridgehead atoms. The minimum Gasteiger partial charge on any atom is -0.494 e. The van der Waals surface area contributed by atoms with E-state index >= 15 is 0 Å². The average Bonchev–Trinajstić information content (AvgIpc) is 3.03. The van der Waals surface area contributed by atoms with Gasteiger partial charge in [0.25, 0.3) is 0 Å². The highest BCUT2D eigenvalue weighted by molar-refractivity contribution is 6.02. The summed E-state index contributed by atoms with van der Waals surface area (Å²) in [5.41, 5.74) is 0.561. The van der Waals surface area contributed by atoms with Gasteiger partial charge in [0.05, 0.1) is 16.8 Å². The van der Waals surface area contributed by atoms with Crippen molar-refractivity contribution in [3.05, 3.63) is 53.6 Å². The minimum absolute atomic E-state index is 0.0267. The number of rotatable bonds is 8. The standard InChI is InChI=1S/C24H29F3N4O/c1-15(2)31(16(3)4)12-11-28-22-10-9-17(13-20(22)24(25,26)27)29-14-19-18-7-5-6-8-21(18)30-23(19)32/h5-10,13-16,28,30,32H,11-12H2,1-4H3. The molecule has 172 valence electrons. The molecule has 0 spiro atoms. The van der Waals surface area contributed by atoms with Gasteiger partial charge < -0.3 is 15.4 Å². The van der Waals surface area contributed by atoms with Crippen LogP contribution in [0.4, 0.5) is 24.5 Å². The lowest BCUT2D eigenvalue weighted by Crippen LogP contribution is -2.40. The van der Waals surface area contributed by atoms with E-state index in [1.807, 2.05) is 12.1 Å². The minimum atomic E-state index is -4.52. The molecule has 0 amide bonds. The summed E-state index contributed by atoms with van der Waals surface area (Å²) in [6.45, 7) is 9.30. The van der Waals surface area contributed by atoms with Gasteiger partial charge in [-0.1, -0.05) is 18.2 Å². The highest BCUT2D eigenvalue weighted by Gasteiger charge is 2.34. The van der Waals surface area contributed by atoms with Gasteiger partial charge in [-0.2, -0.15) is 13.2 Å². The molecule has 3 N–H and O–H groups in total. The molecule has 0 aliphatic rings. The molecule has 0 aliphatic carbocycles. The number of aromatic nitrogens is 1. The Morgan fingerprint density at radius 1 is 1.09 bits per heavy atom. The van der Waals surface area contributed by atoms with E-state index in [0.717, 1.165) is 17.0 Å². The zero-order chi connectivity index (χ0) is 23.5. The molecule has 1 aromatic heterocycles. The predicted octanol–water partition coefficient (Wildman–Crippen LogP) is 6.17. The van der Waals surface area contributed by atoms with Gasteiger partial charge >= 0.3 is 6.18 Å². The number of fused-ring (bicyclic) bond motifs is 1. The summed E-state index contributed by atoms with van der Waals surface area (Å²) in [5.74, 6) is -0.0795. The summed E-state index contributed by atoms with van der Waals surface area (Å²) < 4.78 is 41.1. The van der Waals surface area contributed by atoms with Crippen molar-refractivity contribution < 1.29 is 18.3 Å². The fourth-order valence-electron chi connectivity index (χ4n) is 3.85. The maximum Gasteiger partial charge on any atom is 0.418 e. The highest BCUT2D eigenvalue weighted by Crippen LogP contribution is 2.37. The first-order valence-electron chi connectivity index (χ1n) is 10.6. The third-order valence-electron chi connectivity index (χ3n) is 5.39. The zero-order valence-corrected chi connectivity index (χ0v) is 18.7. The normalized spacial score (nSPS) is 12.7. The molecule has 0 aliphatic heterocycles. The van der Waals surface area contributed by atoms with Crippen LogP contribution in [0.25, 0.3) is 10.9 Å². The number of H-pyrrole nitrogens is 1. The van der Waals surface area contributed by atoms with Crippen molar-refractivity contribution in [2.45, 2.75) is 46.0 Å². The number of nitrogens with one attached hydrogen (secondary N) is 2. The van der Waals surface area contributed by atoms with Gasteiger partial charge in [-0.25, -0.2) is 0 Å². The summed E-state index contributed by atoms with van der Waals surface area (Å²) >= 11 is 0. The number of aromatic amines is 1. The number of hydrogen-bond acceptors (Lipinski definition) is 4. The van der Waals surface area contributed by atoms with Gasteiger partial charge in [-0.3, -0.25) is 9.89 Å². The molecule has 8 heteroatoms. The van der Waals surface area contributed by atoms with E-state index in [1.54, 1.807) is 12.1 Å². The van der Waals surface area contributed by atoms with Crippen molar-refractivity contribution in [1.82, 2.24) is 9.88 Å². The van der Waals surface area contributed by atoms with Crippen molar-refractivity contribution in [3.8, 4) is 5.88 Å². The molecule has 0 radical (unpaired) electrons. The summed E-state index contributed by atoms with van der Waals surface area (Å²) in [4.78, 5) is 9.23. The second-order valence-electron chi connectivity index (χ2n) is 8.27. The molecule has 0 unspecified atom stereocenters. The number of para-hydroxylation sites is 1. The van der Waals surface area contributed by atoms with Crippen molar-refractivity contribution in [3.63, 3.8) is 0 Å². The molecular weight excluding hydrogens is 417 g/mol.